The van der Waals surface area contributed by atoms with Gasteiger partial charge in [0, 0.05) is 30.6 Å². The van der Waals surface area contributed by atoms with E-state index in [1.807, 2.05) is 42.5 Å². The minimum Gasteiger partial charge on any atom is -0.493 e. The van der Waals surface area contributed by atoms with Crippen LogP contribution in [0.2, 0.25) is 5.02 Å². The van der Waals surface area contributed by atoms with Crippen LogP contribution in [0.25, 0.3) is 11.1 Å². The SMILES string of the molecule is CC(C)[C@H](N)C(=O)OCOC(=O)[C@H](O)C[C@@H](Cc1ccc(-c2cccc(Cl)c2)cc1)NC(=O)c1cc(O)n(C)n1. The van der Waals surface area contributed by atoms with Crippen LogP contribution in [0.15, 0.2) is 54.6 Å². The summed E-state index contributed by atoms with van der Waals surface area (Å²) in [5.74, 6) is -2.74. The second-order valence-corrected chi connectivity index (χ2v) is 10.1. The first kappa shape index (κ1) is 30.6. The van der Waals surface area contributed by atoms with Crippen molar-refractivity contribution in [2.45, 2.75) is 44.9 Å². The number of amides is 1. The van der Waals surface area contributed by atoms with Crippen molar-refractivity contribution in [1.29, 1.82) is 0 Å². The van der Waals surface area contributed by atoms with Crippen LogP contribution >= 0.6 is 11.6 Å². The van der Waals surface area contributed by atoms with E-state index >= 15 is 0 Å². The number of hydrogen-bond acceptors (Lipinski definition) is 9. The van der Waals surface area contributed by atoms with E-state index < -0.39 is 42.8 Å². The smallest absolute Gasteiger partial charge is 0.337 e. The number of aliphatic hydroxyl groups excluding tert-OH is 1. The Bertz CT molecular complexity index is 1310. The fourth-order valence-corrected chi connectivity index (χ4v) is 3.97. The second-order valence-electron chi connectivity index (χ2n) is 9.66. The summed E-state index contributed by atoms with van der Waals surface area (Å²) in [6.07, 6.45) is -1.59. The predicted octanol–water partition coefficient (Wildman–Crippen LogP) is 2.57. The van der Waals surface area contributed by atoms with Crippen molar-refractivity contribution < 1.29 is 34.1 Å². The molecule has 0 saturated carbocycles. The van der Waals surface area contributed by atoms with Crippen molar-refractivity contribution in [1.82, 2.24) is 15.1 Å². The summed E-state index contributed by atoms with van der Waals surface area (Å²) in [6.45, 7) is 2.78. The van der Waals surface area contributed by atoms with E-state index in [1.165, 1.54) is 13.1 Å². The number of esters is 2. The topological polar surface area (TPSA) is 166 Å². The highest BCUT2D eigenvalue weighted by Crippen LogP contribution is 2.23. The molecule has 3 rings (SSSR count). The maximum Gasteiger partial charge on any atom is 0.337 e. The summed E-state index contributed by atoms with van der Waals surface area (Å²) >= 11 is 6.10. The fraction of sp³-hybridized carbons (Fsp3) is 0.357. The van der Waals surface area contributed by atoms with Gasteiger partial charge in [-0.3, -0.25) is 9.59 Å². The van der Waals surface area contributed by atoms with Gasteiger partial charge in [-0.2, -0.15) is 5.10 Å². The van der Waals surface area contributed by atoms with Crippen LogP contribution in [0, 0.1) is 5.92 Å². The monoisotopic (exact) mass is 572 g/mol. The van der Waals surface area contributed by atoms with Gasteiger partial charge in [-0.15, -0.1) is 0 Å². The molecule has 12 heteroatoms. The van der Waals surface area contributed by atoms with Crippen LogP contribution in [0.5, 0.6) is 5.88 Å². The minimum absolute atomic E-state index is 0.0354. The maximum absolute atomic E-state index is 12.8. The number of aliphatic hydroxyl groups is 1. The first-order valence-corrected chi connectivity index (χ1v) is 13.0. The fourth-order valence-electron chi connectivity index (χ4n) is 3.78. The molecule has 2 aromatic carbocycles. The highest BCUT2D eigenvalue weighted by molar-refractivity contribution is 6.30. The third-order valence-electron chi connectivity index (χ3n) is 6.19. The number of aryl methyl sites for hydroxylation is 1. The van der Waals surface area contributed by atoms with E-state index in [0.29, 0.717) is 5.02 Å². The Morgan fingerprint density at radius 1 is 1.05 bits per heavy atom. The van der Waals surface area contributed by atoms with E-state index in [0.717, 1.165) is 21.4 Å². The molecule has 0 radical (unpaired) electrons. The molecular formula is C28H33ClN4O7. The third-order valence-corrected chi connectivity index (χ3v) is 6.42. The molecule has 0 unspecified atom stereocenters. The van der Waals surface area contributed by atoms with E-state index in [1.54, 1.807) is 19.9 Å². The van der Waals surface area contributed by atoms with Gasteiger partial charge in [0.2, 0.25) is 12.7 Å². The summed E-state index contributed by atoms with van der Waals surface area (Å²) in [6, 6.07) is 14.5. The quantitative estimate of drug-likeness (QED) is 0.188. The number of nitrogens with one attached hydrogen (secondary N) is 1. The largest absolute Gasteiger partial charge is 0.493 e. The van der Waals surface area contributed by atoms with Gasteiger partial charge >= 0.3 is 11.9 Å². The van der Waals surface area contributed by atoms with Gasteiger partial charge in [-0.05, 0) is 41.2 Å². The minimum atomic E-state index is -1.63. The molecule has 0 saturated heterocycles. The molecule has 40 heavy (non-hydrogen) atoms. The van der Waals surface area contributed by atoms with Crippen LogP contribution < -0.4 is 11.1 Å². The molecule has 0 aliphatic heterocycles. The molecule has 3 atom stereocenters. The number of nitrogens with zero attached hydrogens (tertiary/aromatic N) is 2. The van der Waals surface area contributed by atoms with E-state index in [9.17, 15) is 24.6 Å². The molecule has 1 aromatic heterocycles. The molecular weight excluding hydrogens is 540 g/mol. The number of aromatic nitrogens is 2. The summed E-state index contributed by atoms with van der Waals surface area (Å²) in [5.41, 5.74) is 8.35. The molecule has 11 nitrogen and oxygen atoms in total. The van der Waals surface area contributed by atoms with Crippen LogP contribution in [-0.2, 0) is 32.5 Å². The lowest BCUT2D eigenvalue weighted by Crippen LogP contribution is -2.41. The van der Waals surface area contributed by atoms with Gasteiger partial charge in [0.15, 0.2) is 11.8 Å². The number of carbonyl (C=O) groups is 3. The van der Waals surface area contributed by atoms with Crippen LogP contribution in [-0.4, -0.2) is 62.8 Å². The average molecular weight is 573 g/mol. The number of ether oxygens (including phenoxy) is 2. The lowest BCUT2D eigenvalue weighted by molar-refractivity contribution is -0.174. The Morgan fingerprint density at radius 3 is 2.33 bits per heavy atom. The van der Waals surface area contributed by atoms with Crippen molar-refractivity contribution in [2.75, 3.05) is 6.79 Å². The molecule has 5 N–H and O–H groups in total. The van der Waals surface area contributed by atoms with Crippen molar-refractivity contribution >= 4 is 29.4 Å². The predicted molar refractivity (Wildman–Crippen MR) is 147 cm³/mol. The van der Waals surface area contributed by atoms with Crippen LogP contribution in [0.1, 0.15) is 36.3 Å². The number of aromatic hydroxyl groups is 1. The van der Waals surface area contributed by atoms with Crippen molar-refractivity contribution in [2.24, 2.45) is 18.7 Å². The molecule has 0 aliphatic rings. The Labute approximate surface area is 236 Å². The van der Waals surface area contributed by atoms with Gasteiger partial charge in [0.05, 0.1) is 0 Å². The van der Waals surface area contributed by atoms with Crippen LogP contribution in [0.4, 0.5) is 0 Å². The molecule has 0 spiro atoms. The lowest BCUT2D eigenvalue weighted by atomic mass is 9.97. The third kappa shape index (κ3) is 8.54. The van der Waals surface area contributed by atoms with E-state index in [4.69, 9.17) is 26.8 Å². The zero-order valence-electron chi connectivity index (χ0n) is 22.4. The maximum atomic E-state index is 12.8. The number of hydrogen-bond donors (Lipinski definition) is 4. The summed E-state index contributed by atoms with van der Waals surface area (Å²) in [7, 11) is 1.48. The second kappa shape index (κ2) is 13.9. The summed E-state index contributed by atoms with van der Waals surface area (Å²) in [4.78, 5) is 37.1. The number of halogens is 1. The average Bonchev–Trinajstić information content (AvgIpc) is 3.26. The first-order chi connectivity index (χ1) is 18.9. The Kier molecular flexibility index (Phi) is 10.7. The lowest BCUT2D eigenvalue weighted by Gasteiger charge is -2.21. The standard InChI is InChI=1S/C28H33ClN4O7/c1-16(2)25(30)28(38)40-15-39-27(37)23(34)13-21(31-26(36)22-14-24(35)33(3)32-22)11-17-7-9-18(10-8-17)19-5-4-6-20(29)12-19/h4-10,12,14,16,21,23,25,34-35H,11,13,15,30H2,1-3H3,(H,31,36)/t21-,23-,25+/m1/s1. The zero-order valence-corrected chi connectivity index (χ0v) is 23.2. The summed E-state index contributed by atoms with van der Waals surface area (Å²) in [5, 5.41) is 27.6. The van der Waals surface area contributed by atoms with Gasteiger partial charge in [0.25, 0.3) is 5.91 Å². The molecule has 0 bridgehead atoms. The number of rotatable bonds is 12. The molecule has 1 amide bonds. The van der Waals surface area contributed by atoms with Crippen LogP contribution in [0.3, 0.4) is 0 Å². The van der Waals surface area contributed by atoms with Gasteiger partial charge in [0.1, 0.15) is 6.04 Å². The molecule has 0 fully saturated rings. The Balaban J connectivity index is 1.68. The Morgan fingerprint density at radius 2 is 1.73 bits per heavy atom. The number of benzene rings is 2. The Hall–Kier alpha value is -3.93. The molecule has 214 valence electrons. The highest BCUT2D eigenvalue weighted by Gasteiger charge is 2.26. The van der Waals surface area contributed by atoms with Crippen molar-refractivity contribution in [3.05, 3.63) is 70.9 Å². The summed E-state index contributed by atoms with van der Waals surface area (Å²) < 4.78 is 10.9. The van der Waals surface area contributed by atoms with Crippen molar-refractivity contribution in [3.8, 4) is 17.0 Å². The molecule has 0 aliphatic carbocycles. The van der Waals surface area contributed by atoms with Gasteiger partial charge < -0.3 is 30.7 Å². The number of nitrogens with two attached hydrogens (primary N) is 1. The number of carbonyl (C=O) groups excluding carboxylic acids is 3. The van der Waals surface area contributed by atoms with E-state index in [2.05, 4.69) is 10.4 Å². The molecule has 3 aromatic rings. The highest BCUT2D eigenvalue weighted by atomic mass is 35.5. The molecule has 1 heterocycles. The zero-order chi connectivity index (χ0) is 29.4. The van der Waals surface area contributed by atoms with E-state index in [-0.39, 0.29) is 30.3 Å². The van der Waals surface area contributed by atoms with Gasteiger partial charge in [-0.1, -0.05) is 61.8 Å². The normalized spacial score (nSPS) is 13.4. The van der Waals surface area contributed by atoms with Gasteiger partial charge in [-0.25, -0.2) is 9.48 Å². The first-order valence-electron chi connectivity index (χ1n) is 12.6. The van der Waals surface area contributed by atoms with Crippen molar-refractivity contribution in [3.63, 3.8) is 0 Å².